The Bertz CT molecular complexity index is 294. The Kier molecular flexibility index (Phi) is 2.88. The van der Waals surface area contributed by atoms with E-state index in [1.54, 1.807) is 0 Å². The highest BCUT2D eigenvalue weighted by Gasteiger charge is 2.13. The van der Waals surface area contributed by atoms with Gasteiger partial charge in [-0.2, -0.15) is 0 Å². The molecule has 12 heavy (non-hydrogen) atoms. The lowest BCUT2D eigenvalue weighted by Crippen LogP contribution is -2.09. The Morgan fingerprint density at radius 2 is 2.00 bits per heavy atom. The Morgan fingerprint density at radius 1 is 1.42 bits per heavy atom. The molecule has 0 aliphatic carbocycles. The van der Waals surface area contributed by atoms with Crippen molar-refractivity contribution in [2.45, 2.75) is 13.0 Å². The fourth-order valence-corrected chi connectivity index (χ4v) is 1.34. The molecule has 0 aliphatic heterocycles. The summed E-state index contributed by atoms with van der Waals surface area (Å²) in [5, 5.41) is 0.806. The fourth-order valence-electron chi connectivity index (χ4n) is 1.05. The van der Waals surface area contributed by atoms with E-state index < -0.39 is 0 Å². The first-order chi connectivity index (χ1) is 5.63. The second kappa shape index (κ2) is 3.72. The van der Waals surface area contributed by atoms with Crippen molar-refractivity contribution in [3.63, 3.8) is 0 Å². The van der Waals surface area contributed by atoms with Gasteiger partial charge in [0.25, 0.3) is 0 Å². The van der Waals surface area contributed by atoms with Crippen LogP contribution in [-0.2, 0) is 0 Å². The van der Waals surface area contributed by atoms with Crippen molar-refractivity contribution < 1.29 is 4.58 Å². The van der Waals surface area contributed by atoms with E-state index in [-0.39, 0.29) is 6.04 Å². The van der Waals surface area contributed by atoms with Crippen molar-refractivity contribution in [3.05, 3.63) is 34.9 Å². The van der Waals surface area contributed by atoms with Gasteiger partial charge < -0.3 is 0 Å². The van der Waals surface area contributed by atoms with E-state index in [1.165, 1.54) is 0 Å². The molecule has 0 radical (unpaired) electrons. The Morgan fingerprint density at radius 3 is 2.50 bits per heavy atom. The van der Waals surface area contributed by atoms with Gasteiger partial charge in [0.2, 0.25) is 0 Å². The number of benzene rings is 1. The third-order valence-corrected chi connectivity index (χ3v) is 2.36. The Balaban J connectivity index is 3.02. The van der Waals surface area contributed by atoms with Crippen LogP contribution in [0.5, 0.6) is 0 Å². The van der Waals surface area contributed by atoms with Gasteiger partial charge in [-0.05, 0) is 6.07 Å². The first kappa shape index (κ1) is 9.27. The van der Waals surface area contributed by atoms with Crippen LogP contribution < -0.4 is 0 Å². The lowest BCUT2D eigenvalue weighted by atomic mass is 10.1. The van der Waals surface area contributed by atoms with Crippen LogP contribution in [0.3, 0.4) is 0 Å². The van der Waals surface area contributed by atoms with E-state index in [1.807, 2.05) is 35.9 Å². The molecule has 1 aromatic rings. The quantitative estimate of drug-likeness (QED) is 0.489. The minimum atomic E-state index is 0.263. The van der Waals surface area contributed by atoms with Gasteiger partial charge in [-0.1, -0.05) is 29.8 Å². The highest BCUT2D eigenvalue weighted by Crippen LogP contribution is 2.23. The summed E-state index contributed by atoms with van der Waals surface area (Å²) in [6, 6.07) is 8.10. The molecular weight excluding hydrogens is 170 g/mol. The van der Waals surface area contributed by atoms with Crippen LogP contribution in [-0.4, -0.2) is 18.3 Å². The van der Waals surface area contributed by atoms with E-state index in [4.69, 9.17) is 11.6 Å². The SMILES string of the molecule is C=[N+](C)C(C)c1ccccc1Cl. The molecule has 1 rings (SSSR count). The summed E-state index contributed by atoms with van der Waals surface area (Å²) >= 11 is 6.01. The van der Waals surface area contributed by atoms with Crippen molar-refractivity contribution in [2.75, 3.05) is 7.05 Å². The second-order valence-corrected chi connectivity index (χ2v) is 3.36. The summed E-state index contributed by atoms with van der Waals surface area (Å²) in [6.07, 6.45) is 0. The molecule has 1 nitrogen and oxygen atoms in total. The van der Waals surface area contributed by atoms with Gasteiger partial charge in [-0.25, -0.2) is 4.58 Å². The molecule has 2 heteroatoms. The summed E-state index contributed by atoms with van der Waals surface area (Å²) in [7, 11) is 1.94. The lowest BCUT2D eigenvalue weighted by molar-refractivity contribution is -0.532. The predicted octanol–water partition coefficient (Wildman–Crippen LogP) is 2.74. The number of halogens is 1. The topological polar surface area (TPSA) is 3.01 Å². The summed E-state index contributed by atoms with van der Waals surface area (Å²) in [4.78, 5) is 0. The molecule has 0 saturated carbocycles. The first-order valence-corrected chi connectivity index (χ1v) is 4.28. The van der Waals surface area contributed by atoms with Crippen LogP contribution in [0.4, 0.5) is 0 Å². The highest BCUT2D eigenvalue weighted by atomic mass is 35.5. The molecule has 0 bridgehead atoms. The summed E-state index contributed by atoms with van der Waals surface area (Å²) in [5.74, 6) is 0. The minimum absolute atomic E-state index is 0.263. The standard InChI is InChI=1S/C10H13ClN/c1-8(12(2)3)9-6-4-5-7-10(9)11/h4-8H,2H2,1,3H3/q+1. The normalized spacial score (nSPS) is 12.6. The van der Waals surface area contributed by atoms with Crippen molar-refractivity contribution in [1.82, 2.24) is 0 Å². The summed E-state index contributed by atoms with van der Waals surface area (Å²) in [6.45, 7) is 5.91. The zero-order valence-electron chi connectivity index (χ0n) is 7.42. The third kappa shape index (κ3) is 1.86. The zero-order chi connectivity index (χ0) is 9.14. The van der Waals surface area contributed by atoms with Crippen molar-refractivity contribution in [2.24, 2.45) is 0 Å². The molecular formula is C10H13ClN+. The van der Waals surface area contributed by atoms with Crippen LogP contribution in [0.1, 0.15) is 18.5 Å². The maximum atomic E-state index is 6.01. The lowest BCUT2D eigenvalue weighted by Gasteiger charge is -2.08. The number of hydrogen-bond acceptors (Lipinski definition) is 0. The Labute approximate surface area is 78.3 Å². The van der Waals surface area contributed by atoms with Crippen molar-refractivity contribution >= 4 is 18.3 Å². The zero-order valence-corrected chi connectivity index (χ0v) is 8.17. The van der Waals surface area contributed by atoms with Gasteiger partial charge in [0.15, 0.2) is 6.04 Å². The van der Waals surface area contributed by atoms with Crippen LogP contribution in [0.15, 0.2) is 24.3 Å². The molecule has 0 N–H and O–H groups in total. The Hall–Kier alpha value is -0.820. The monoisotopic (exact) mass is 182 g/mol. The van der Waals surface area contributed by atoms with Crippen LogP contribution in [0.25, 0.3) is 0 Å². The summed E-state index contributed by atoms with van der Waals surface area (Å²) < 4.78 is 1.89. The average molecular weight is 183 g/mol. The van der Waals surface area contributed by atoms with Gasteiger partial charge in [-0.15, -0.1) is 0 Å². The molecule has 1 aromatic carbocycles. The largest absolute Gasteiger partial charge is 0.238 e. The van der Waals surface area contributed by atoms with E-state index in [9.17, 15) is 0 Å². The molecule has 1 unspecified atom stereocenters. The van der Waals surface area contributed by atoms with Gasteiger partial charge in [-0.3, -0.25) is 0 Å². The first-order valence-electron chi connectivity index (χ1n) is 3.90. The van der Waals surface area contributed by atoms with Gasteiger partial charge >= 0.3 is 0 Å². The fraction of sp³-hybridized carbons (Fsp3) is 0.300. The minimum Gasteiger partial charge on any atom is -0.238 e. The maximum absolute atomic E-state index is 6.01. The molecule has 64 valence electrons. The van der Waals surface area contributed by atoms with E-state index in [0.717, 1.165) is 10.6 Å². The van der Waals surface area contributed by atoms with Crippen LogP contribution in [0.2, 0.25) is 5.02 Å². The number of hydrogen-bond donors (Lipinski definition) is 0. The molecule has 0 amide bonds. The highest BCUT2D eigenvalue weighted by molar-refractivity contribution is 6.31. The summed E-state index contributed by atoms with van der Waals surface area (Å²) in [5.41, 5.74) is 1.12. The van der Waals surface area contributed by atoms with Crippen molar-refractivity contribution in [3.8, 4) is 0 Å². The van der Waals surface area contributed by atoms with Gasteiger partial charge in [0.05, 0.1) is 5.02 Å². The van der Waals surface area contributed by atoms with Gasteiger partial charge in [0, 0.05) is 12.5 Å². The smallest absolute Gasteiger partial charge is 0.175 e. The molecule has 0 aliphatic rings. The molecule has 0 saturated heterocycles. The number of rotatable bonds is 2. The molecule has 0 heterocycles. The van der Waals surface area contributed by atoms with E-state index in [2.05, 4.69) is 13.6 Å². The van der Waals surface area contributed by atoms with Gasteiger partial charge in [0.1, 0.15) is 13.8 Å². The molecule has 1 atom stereocenters. The molecule has 0 spiro atoms. The average Bonchev–Trinajstić information content (AvgIpc) is 2.04. The maximum Gasteiger partial charge on any atom is 0.175 e. The third-order valence-electron chi connectivity index (χ3n) is 2.02. The second-order valence-electron chi connectivity index (χ2n) is 2.95. The van der Waals surface area contributed by atoms with E-state index in [0.29, 0.717) is 0 Å². The van der Waals surface area contributed by atoms with Crippen LogP contribution in [0, 0.1) is 0 Å². The number of nitrogens with zero attached hydrogens (tertiary/aromatic N) is 1. The van der Waals surface area contributed by atoms with E-state index >= 15 is 0 Å². The molecule has 0 fully saturated rings. The van der Waals surface area contributed by atoms with Crippen molar-refractivity contribution in [1.29, 1.82) is 0 Å². The molecule has 0 aromatic heterocycles. The predicted molar refractivity (Wildman–Crippen MR) is 53.2 cm³/mol. The van der Waals surface area contributed by atoms with Crippen LogP contribution >= 0.6 is 11.6 Å².